The van der Waals surface area contributed by atoms with E-state index in [9.17, 15) is 0 Å². The summed E-state index contributed by atoms with van der Waals surface area (Å²) in [4.78, 5) is 0. The van der Waals surface area contributed by atoms with Crippen molar-refractivity contribution in [1.82, 2.24) is 4.68 Å². The fourth-order valence-corrected chi connectivity index (χ4v) is 2.74. The van der Waals surface area contributed by atoms with Gasteiger partial charge in [-0.3, -0.25) is 4.68 Å². The highest BCUT2D eigenvalue weighted by Crippen LogP contribution is 2.33. The van der Waals surface area contributed by atoms with Crippen molar-refractivity contribution in [2.24, 2.45) is 0 Å². The van der Waals surface area contributed by atoms with Crippen molar-refractivity contribution in [3.05, 3.63) is 47.5 Å². The third kappa shape index (κ3) is 1.71. The van der Waals surface area contributed by atoms with E-state index in [1.807, 2.05) is 4.68 Å². The van der Waals surface area contributed by atoms with Gasteiger partial charge in [0.1, 0.15) is 0 Å². The predicted octanol–water partition coefficient (Wildman–Crippen LogP) is 4.11. The lowest BCUT2D eigenvalue weighted by Gasteiger charge is -2.19. The zero-order valence-corrected chi connectivity index (χ0v) is 12.0. The molecule has 0 radical (unpaired) electrons. The molecule has 2 heteroatoms. The number of fused-ring (bicyclic) bond motifs is 3. The maximum Gasteiger partial charge on any atom is 0.0706 e. The van der Waals surface area contributed by atoms with Crippen molar-refractivity contribution in [2.45, 2.75) is 33.1 Å². The molecule has 2 N–H and O–H groups in total. The molecule has 98 valence electrons. The molecular formula is C17H20N2. The van der Waals surface area contributed by atoms with Crippen LogP contribution in [0.25, 0.3) is 21.8 Å². The quantitative estimate of drug-likeness (QED) is 0.600. The molecule has 0 unspecified atom stereocenters. The summed E-state index contributed by atoms with van der Waals surface area (Å²) >= 11 is 0. The zero-order valence-electron chi connectivity index (χ0n) is 12.0. The van der Waals surface area contributed by atoms with Crippen LogP contribution in [0.1, 0.15) is 31.9 Å². The van der Waals surface area contributed by atoms with E-state index in [2.05, 4.69) is 64.1 Å². The molecule has 3 aromatic rings. The van der Waals surface area contributed by atoms with Crippen molar-refractivity contribution < 1.29 is 0 Å². The molecule has 0 aliphatic carbocycles. The van der Waals surface area contributed by atoms with E-state index >= 15 is 0 Å². The summed E-state index contributed by atoms with van der Waals surface area (Å²) in [6, 6.07) is 12.9. The molecule has 0 fully saturated rings. The smallest absolute Gasteiger partial charge is 0.0706 e. The Labute approximate surface area is 113 Å². The first-order chi connectivity index (χ1) is 8.89. The van der Waals surface area contributed by atoms with Gasteiger partial charge in [0.15, 0.2) is 0 Å². The Bertz CT molecular complexity index is 773. The topological polar surface area (TPSA) is 30.9 Å². The predicted molar refractivity (Wildman–Crippen MR) is 83.0 cm³/mol. The van der Waals surface area contributed by atoms with E-state index < -0.39 is 0 Å². The first-order valence-corrected chi connectivity index (χ1v) is 6.69. The molecule has 2 aromatic carbocycles. The van der Waals surface area contributed by atoms with Crippen LogP contribution in [0.4, 0.5) is 0 Å². The molecule has 0 saturated heterocycles. The third-order valence-electron chi connectivity index (χ3n) is 3.90. The molecule has 1 aromatic heterocycles. The average molecular weight is 252 g/mol. The standard InChI is InChI=1S/C17H20N2/c1-11-6-5-7-14-16(11)13-9-8-12(17(2,3)4)10-15(13)19(14)18/h5-10H,18H2,1-4H3. The summed E-state index contributed by atoms with van der Waals surface area (Å²) in [6.45, 7) is 8.81. The second kappa shape index (κ2) is 3.77. The van der Waals surface area contributed by atoms with Gasteiger partial charge in [0, 0.05) is 10.8 Å². The minimum atomic E-state index is 0.139. The van der Waals surface area contributed by atoms with Gasteiger partial charge < -0.3 is 5.84 Å². The van der Waals surface area contributed by atoms with Gasteiger partial charge in [-0.1, -0.05) is 45.0 Å². The fraction of sp³-hybridized carbons (Fsp3) is 0.294. The zero-order chi connectivity index (χ0) is 13.8. The third-order valence-corrected chi connectivity index (χ3v) is 3.90. The molecule has 0 aliphatic rings. The maximum absolute atomic E-state index is 6.27. The van der Waals surface area contributed by atoms with Gasteiger partial charge in [-0.05, 0) is 35.6 Å². The van der Waals surface area contributed by atoms with Crippen LogP contribution in [0.2, 0.25) is 0 Å². The summed E-state index contributed by atoms with van der Waals surface area (Å²) in [5, 5.41) is 2.50. The highest BCUT2D eigenvalue weighted by atomic mass is 15.3. The first kappa shape index (κ1) is 12.1. The van der Waals surface area contributed by atoms with Gasteiger partial charge in [-0.25, -0.2) is 0 Å². The van der Waals surface area contributed by atoms with E-state index in [1.54, 1.807) is 0 Å². The number of aromatic nitrogens is 1. The van der Waals surface area contributed by atoms with E-state index in [1.165, 1.54) is 21.9 Å². The molecule has 0 spiro atoms. The first-order valence-electron chi connectivity index (χ1n) is 6.69. The Morgan fingerprint density at radius 1 is 1.00 bits per heavy atom. The van der Waals surface area contributed by atoms with E-state index in [4.69, 9.17) is 5.84 Å². The Hall–Kier alpha value is -1.96. The lowest BCUT2D eigenvalue weighted by molar-refractivity contribution is 0.591. The van der Waals surface area contributed by atoms with Gasteiger partial charge in [0.25, 0.3) is 0 Å². The lowest BCUT2D eigenvalue weighted by atomic mass is 9.86. The number of benzene rings is 2. The van der Waals surface area contributed by atoms with Gasteiger partial charge in [0.05, 0.1) is 11.0 Å². The van der Waals surface area contributed by atoms with Crippen LogP contribution in [0, 0.1) is 6.92 Å². The van der Waals surface area contributed by atoms with Crippen molar-refractivity contribution in [3.63, 3.8) is 0 Å². The summed E-state index contributed by atoms with van der Waals surface area (Å²) < 4.78 is 1.81. The summed E-state index contributed by atoms with van der Waals surface area (Å²) in [5.41, 5.74) is 4.93. The van der Waals surface area contributed by atoms with E-state index in [0.717, 1.165) is 11.0 Å². The summed E-state index contributed by atoms with van der Waals surface area (Å²) in [6.07, 6.45) is 0. The highest BCUT2D eigenvalue weighted by molar-refractivity contribution is 6.09. The Balaban J connectivity index is 2.46. The van der Waals surface area contributed by atoms with Crippen LogP contribution in [0.15, 0.2) is 36.4 Å². The van der Waals surface area contributed by atoms with Crippen molar-refractivity contribution in [2.75, 3.05) is 5.84 Å². The molecule has 3 rings (SSSR count). The monoisotopic (exact) mass is 252 g/mol. The van der Waals surface area contributed by atoms with Crippen LogP contribution >= 0.6 is 0 Å². The number of hydrogen-bond acceptors (Lipinski definition) is 1. The minimum Gasteiger partial charge on any atom is -0.339 e. The largest absolute Gasteiger partial charge is 0.339 e. The van der Waals surface area contributed by atoms with Crippen molar-refractivity contribution in [3.8, 4) is 0 Å². The molecule has 0 atom stereocenters. The SMILES string of the molecule is Cc1cccc2c1c1ccc(C(C)(C)C)cc1n2N. The van der Waals surface area contributed by atoms with Crippen LogP contribution in [-0.2, 0) is 5.41 Å². The number of aryl methyl sites for hydroxylation is 1. The van der Waals surface area contributed by atoms with Gasteiger partial charge in [-0.15, -0.1) is 0 Å². The van der Waals surface area contributed by atoms with Crippen LogP contribution in [-0.4, -0.2) is 4.68 Å². The molecule has 0 amide bonds. The van der Waals surface area contributed by atoms with E-state index in [0.29, 0.717) is 0 Å². The molecule has 19 heavy (non-hydrogen) atoms. The molecule has 0 bridgehead atoms. The maximum atomic E-state index is 6.27. The Morgan fingerprint density at radius 3 is 2.42 bits per heavy atom. The minimum absolute atomic E-state index is 0.139. The molecular weight excluding hydrogens is 232 g/mol. The lowest BCUT2D eigenvalue weighted by Crippen LogP contribution is -2.12. The highest BCUT2D eigenvalue weighted by Gasteiger charge is 2.17. The normalized spacial score (nSPS) is 12.4. The second-order valence-electron chi connectivity index (χ2n) is 6.32. The number of nitrogens with zero attached hydrogens (tertiary/aromatic N) is 1. The molecule has 2 nitrogen and oxygen atoms in total. The summed E-state index contributed by atoms with van der Waals surface area (Å²) in [5.74, 6) is 6.27. The second-order valence-corrected chi connectivity index (χ2v) is 6.32. The van der Waals surface area contributed by atoms with Gasteiger partial charge >= 0.3 is 0 Å². The van der Waals surface area contributed by atoms with Gasteiger partial charge in [0.2, 0.25) is 0 Å². The van der Waals surface area contributed by atoms with Crippen LogP contribution in [0.3, 0.4) is 0 Å². The van der Waals surface area contributed by atoms with Crippen LogP contribution in [0.5, 0.6) is 0 Å². The molecule has 0 aliphatic heterocycles. The van der Waals surface area contributed by atoms with Crippen LogP contribution < -0.4 is 5.84 Å². The van der Waals surface area contributed by atoms with Gasteiger partial charge in [-0.2, -0.15) is 0 Å². The summed E-state index contributed by atoms with van der Waals surface area (Å²) in [7, 11) is 0. The number of hydrogen-bond donors (Lipinski definition) is 1. The van der Waals surface area contributed by atoms with Crippen molar-refractivity contribution in [1.29, 1.82) is 0 Å². The van der Waals surface area contributed by atoms with E-state index in [-0.39, 0.29) is 5.41 Å². The number of nitrogen functional groups attached to an aromatic ring is 1. The number of rotatable bonds is 0. The Morgan fingerprint density at radius 2 is 1.74 bits per heavy atom. The Kier molecular flexibility index (Phi) is 2.40. The average Bonchev–Trinajstić information content (AvgIpc) is 2.63. The fourth-order valence-electron chi connectivity index (χ4n) is 2.74. The molecule has 0 saturated carbocycles. The molecule has 1 heterocycles. The number of nitrogens with two attached hydrogens (primary N) is 1. The van der Waals surface area contributed by atoms with Crippen molar-refractivity contribution >= 4 is 21.8 Å².